The molecule has 0 N–H and O–H groups in total. The van der Waals surface area contributed by atoms with Crippen LogP contribution in [0.5, 0.6) is 0 Å². The monoisotopic (exact) mass is 462 g/mol. The summed E-state index contributed by atoms with van der Waals surface area (Å²) in [5, 5.41) is 0. The summed E-state index contributed by atoms with van der Waals surface area (Å²) >= 11 is 0. The van der Waals surface area contributed by atoms with Crippen LogP contribution in [-0.4, -0.2) is 52.7 Å². The molecule has 1 aromatic heterocycles. The number of nitrogens with zero attached hydrogens (tertiary/aromatic N) is 4. The second-order valence-electron chi connectivity index (χ2n) is 8.65. The number of carbonyl (C=O) groups excluding carboxylic acids is 2. The number of aryl methyl sites for hydroxylation is 1. The van der Waals surface area contributed by atoms with Crippen LogP contribution >= 0.6 is 0 Å². The average molecular weight is 463 g/mol. The van der Waals surface area contributed by atoms with E-state index in [1.165, 1.54) is 0 Å². The molecule has 35 heavy (non-hydrogen) atoms. The zero-order valence-corrected chi connectivity index (χ0v) is 19.6. The van der Waals surface area contributed by atoms with E-state index in [9.17, 15) is 9.59 Å². The van der Waals surface area contributed by atoms with Crippen LogP contribution < -0.4 is 4.90 Å². The van der Waals surface area contributed by atoms with E-state index < -0.39 is 0 Å². The third kappa shape index (κ3) is 4.82. The first-order valence-corrected chi connectivity index (χ1v) is 11.7. The molecule has 1 saturated heterocycles. The maximum atomic E-state index is 13.4. The Labute approximate surface area is 204 Å². The number of amides is 1. The second kappa shape index (κ2) is 9.89. The van der Waals surface area contributed by atoms with Gasteiger partial charge in [0.05, 0.1) is 11.3 Å². The smallest absolute Gasteiger partial charge is 0.254 e. The zero-order valence-electron chi connectivity index (χ0n) is 19.6. The van der Waals surface area contributed by atoms with E-state index in [-0.39, 0.29) is 11.7 Å². The summed E-state index contributed by atoms with van der Waals surface area (Å²) in [6, 6.07) is 26.5. The van der Waals surface area contributed by atoms with Crippen molar-refractivity contribution in [3.63, 3.8) is 0 Å². The molecule has 0 bridgehead atoms. The average Bonchev–Trinajstić information content (AvgIpc) is 2.93. The first-order chi connectivity index (χ1) is 17.1. The van der Waals surface area contributed by atoms with Gasteiger partial charge in [-0.15, -0.1) is 0 Å². The summed E-state index contributed by atoms with van der Waals surface area (Å²) in [6.45, 7) is 4.40. The highest BCUT2D eigenvalue weighted by atomic mass is 16.2. The van der Waals surface area contributed by atoms with Gasteiger partial charge in [-0.3, -0.25) is 9.59 Å². The van der Waals surface area contributed by atoms with Crippen molar-refractivity contribution >= 4 is 17.5 Å². The first-order valence-electron chi connectivity index (χ1n) is 11.7. The lowest BCUT2D eigenvalue weighted by Crippen LogP contribution is -2.49. The fourth-order valence-electron chi connectivity index (χ4n) is 4.32. The van der Waals surface area contributed by atoms with Crippen molar-refractivity contribution in [2.24, 2.45) is 0 Å². The Morgan fingerprint density at radius 1 is 0.743 bits per heavy atom. The highest BCUT2D eigenvalue weighted by molar-refractivity contribution is 6.15. The number of hydrogen-bond donors (Lipinski definition) is 0. The van der Waals surface area contributed by atoms with Crippen molar-refractivity contribution in [2.75, 3.05) is 31.1 Å². The molecule has 0 radical (unpaired) electrons. The molecule has 5 rings (SSSR count). The molecular weight excluding hydrogens is 436 g/mol. The predicted molar refractivity (Wildman–Crippen MR) is 137 cm³/mol. The quantitative estimate of drug-likeness (QED) is 0.404. The third-order valence-corrected chi connectivity index (χ3v) is 6.33. The summed E-state index contributed by atoms with van der Waals surface area (Å²) < 4.78 is 0. The molecule has 1 aliphatic heterocycles. The number of hydrogen-bond acceptors (Lipinski definition) is 5. The molecule has 0 atom stereocenters. The summed E-state index contributed by atoms with van der Waals surface area (Å²) in [7, 11) is 0. The fourth-order valence-corrected chi connectivity index (χ4v) is 4.32. The molecule has 0 saturated carbocycles. The molecule has 1 aliphatic rings. The standard InChI is InChI=1S/C29H26N4O2/c1-21-11-13-23(14-12-21)28(34)24-9-5-6-10-25(24)29(35)33-17-15-32(16-18-33)27-19-26(30-20-31-27)22-7-3-2-4-8-22/h2-14,19-20H,15-18H2,1H3. The minimum atomic E-state index is -0.137. The van der Waals surface area contributed by atoms with Gasteiger partial charge in [0, 0.05) is 48.9 Å². The topological polar surface area (TPSA) is 66.4 Å². The summed E-state index contributed by atoms with van der Waals surface area (Å²) in [4.78, 5) is 39.4. The number of benzene rings is 3. The maximum Gasteiger partial charge on any atom is 0.254 e. The lowest BCUT2D eigenvalue weighted by Gasteiger charge is -2.35. The molecule has 0 spiro atoms. The number of rotatable bonds is 5. The van der Waals surface area contributed by atoms with Crippen LogP contribution in [0.4, 0.5) is 5.82 Å². The molecule has 0 aliphatic carbocycles. The summed E-state index contributed by atoms with van der Waals surface area (Å²) in [5.41, 5.74) is 4.46. The van der Waals surface area contributed by atoms with Crippen molar-refractivity contribution in [3.8, 4) is 11.3 Å². The predicted octanol–water partition coefficient (Wildman–Crippen LogP) is 4.65. The largest absolute Gasteiger partial charge is 0.353 e. The van der Waals surface area contributed by atoms with Gasteiger partial charge in [-0.05, 0) is 13.0 Å². The Morgan fingerprint density at radius 2 is 1.40 bits per heavy atom. The van der Waals surface area contributed by atoms with Crippen LogP contribution in [0.2, 0.25) is 0 Å². The molecule has 1 amide bonds. The van der Waals surface area contributed by atoms with Crippen molar-refractivity contribution in [1.82, 2.24) is 14.9 Å². The Bertz CT molecular complexity index is 1340. The molecule has 6 heteroatoms. The first kappa shape index (κ1) is 22.5. The molecule has 2 heterocycles. The highest BCUT2D eigenvalue weighted by Crippen LogP contribution is 2.23. The molecule has 1 fully saturated rings. The van der Waals surface area contributed by atoms with Gasteiger partial charge in [-0.1, -0.05) is 78.4 Å². The van der Waals surface area contributed by atoms with Crippen LogP contribution in [0.1, 0.15) is 31.8 Å². The van der Waals surface area contributed by atoms with E-state index in [2.05, 4.69) is 14.9 Å². The van der Waals surface area contributed by atoms with Gasteiger partial charge in [0.1, 0.15) is 12.1 Å². The van der Waals surface area contributed by atoms with Gasteiger partial charge in [-0.25, -0.2) is 9.97 Å². The molecule has 0 unspecified atom stereocenters. The van der Waals surface area contributed by atoms with Crippen LogP contribution in [0, 0.1) is 6.92 Å². The summed E-state index contributed by atoms with van der Waals surface area (Å²) in [6.07, 6.45) is 1.59. The Balaban J connectivity index is 1.30. The van der Waals surface area contributed by atoms with Crippen molar-refractivity contribution in [3.05, 3.63) is 114 Å². The minimum absolute atomic E-state index is 0.117. The lowest BCUT2D eigenvalue weighted by atomic mass is 9.97. The molecule has 3 aromatic carbocycles. The van der Waals surface area contributed by atoms with Gasteiger partial charge in [-0.2, -0.15) is 0 Å². The van der Waals surface area contributed by atoms with Gasteiger partial charge in [0.15, 0.2) is 5.78 Å². The zero-order chi connectivity index (χ0) is 24.2. The van der Waals surface area contributed by atoms with E-state index in [4.69, 9.17) is 0 Å². The van der Waals surface area contributed by atoms with Gasteiger partial charge < -0.3 is 9.80 Å². The Hall–Kier alpha value is -4.32. The van der Waals surface area contributed by atoms with Crippen LogP contribution in [0.25, 0.3) is 11.3 Å². The Kier molecular flexibility index (Phi) is 6.35. The number of ketones is 1. The van der Waals surface area contributed by atoms with Crippen LogP contribution in [0.15, 0.2) is 91.3 Å². The lowest BCUT2D eigenvalue weighted by molar-refractivity contribution is 0.0742. The van der Waals surface area contributed by atoms with E-state index >= 15 is 0 Å². The molecular formula is C29H26N4O2. The van der Waals surface area contributed by atoms with E-state index in [0.29, 0.717) is 42.9 Å². The van der Waals surface area contributed by atoms with E-state index in [0.717, 1.165) is 22.6 Å². The van der Waals surface area contributed by atoms with E-state index in [1.54, 1.807) is 30.6 Å². The normalized spacial score (nSPS) is 13.5. The van der Waals surface area contributed by atoms with Crippen molar-refractivity contribution in [2.45, 2.75) is 6.92 Å². The summed E-state index contributed by atoms with van der Waals surface area (Å²) in [5.74, 6) is 0.594. The SMILES string of the molecule is Cc1ccc(C(=O)c2ccccc2C(=O)N2CCN(c3cc(-c4ccccc4)ncn3)CC2)cc1. The van der Waals surface area contributed by atoms with Crippen LogP contribution in [-0.2, 0) is 0 Å². The third-order valence-electron chi connectivity index (χ3n) is 6.33. The number of piperazine rings is 1. The van der Waals surface area contributed by atoms with E-state index in [1.807, 2.05) is 72.5 Å². The number of anilines is 1. The maximum absolute atomic E-state index is 13.4. The van der Waals surface area contributed by atoms with Gasteiger partial charge in [0.25, 0.3) is 5.91 Å². The Morgan fingerprint density at radius 3 is 2.11 bits per heavy atom. The van der Waals surface area contributed by atoms with Crippen molar-refractivity contribution < 1.29 is 9.59 Å². The van der Waals surface area contributed by atoms with Gasteiger partial charge >= 0.3 is 0 Å². The fraction of sp³-hybridized carbons (Fsp3) is 0.172. The highest BCUT2D eigenvalue weighted by Gasteiger charge is 2.26. The second-order valence-corrected chi connectivity index (χ2v) is 8.65. The van der Waals surface area contributed by atoms with Crippen molar-refractivity contribution in [1.29, 1.82) is 0 Å². The molecule has 6 nitrogen and oxygen atoms in total. The molecule has 174 valence electrons. The number of carbonyl (C=O) groups is 2. The molecule has 4 aromatic rings. The van der Waals surface area contributed by atoms with Crippen LogP contribution in [0.3, 0.4) is 0 Å². The van der Waals surface area contributed by atoms with Gasteiger partial charge in [0.2, 0.25) is 0 Å². The number of aromatic nitrogens is 2. The minimum Gasteiger partial charge on any atom is -0.353 e.